The molecular weight excluding hydrogens is 598 g/mol. The number of rotatable bonds is 2. The van der Waals surface area contributed by atoms with Crippen molar-refractivity contribution in [2.45, 2.75) is 44.6 Å². The minimum absolute atomic E-state index is 0.202. The number of carbonyl (C=O) groups excluding carboxylic acids is 1. The molecule has 3 aromatic rings. The zero-order chi connectivity index (χ0) is 23.5. The molecule has 1 fully saturated rings. The van der Waals surface area contributed by atoms with Crippen LogP contribution >= 0.6 is 0 Å². The van der Waals surface area contributed by atoms with Gasteiger partial charge in [0.05, 0.1) is 5.69 Å². The molecule has 2 aromatic heterocycles. The van der Waals surface area contributed by atoms with E-state index < -0.39 is 0 Å². The van der Waals surface area contributed by atoms with Gasteiger partial charge >= 0.3 is 181 Å². The molecule has 7 nitrogen and oxygen atoms in total. The Morgan fingerprint density at radius 2 is 2.06 bits per heavy atom. The van der Waals surface area contributed by atoms with E-state index in [1.807, 2.05) is 59.7 Å². The Kier molecular flexibility index (Phi) is 6.72. The van der Waals surface area contributed by atoms with Gasteiger partial charge in [-0.2, -0.15) is 0 Å². The number of allylic oxidation sites excluding steroid dienone is 3. The molecule has 174 valence electrons. The molecule has 1 aliphatic carbocycles. The van der Waals surface area contributed by atoms with Crippen LogP contribution in [0.2, 0.25) is 0 Å². The second-order valence-electron chi connectivity index (χ2n) is 8.71. The first-order chi connectivity index (χ1) is 16.6. The molecular formula is C26H27N5O2W. The molecule has 1 saturated carbocycles. The molecule has 0 saturated heterocycles. The SMILES string of the molecule is CC1CCCOc2ccc(-n3cnc(C4CC4)c3)cc2C(=O)NC=CC=C[C](=[W])c2nccn21. The van der Waals surface area contributed by atoms with Gasteiger partial charge in [0.15, 0.2) is 0 Å². The topological polar surface area (TPSA) is 74.0 Å². The van der Waals surface area contributed by atoms with E-state index in [0.717, 1.165) is 33.9 Å². The molecule has 1 amide bonds. The molecule has 1 aromatic carbocycles. The van der Waals surface area contributed by atoms with Gasteiger partial charge in [0, 0.05) is 5.92 Å². The Hall–Kier alpha value is -3.05. The molecule has 1 unspecified atom stereocenters. The van der Waals surface area contributed by atoms with Crippen LogP contribution < -0.4 is 10.1 Å². The zero-order valence-corrected chi connectivity index (χ0v) is 22.0. The second-order valence-corrected chi connectivity index (χ2v) is 10.3. The summed E-state index contributed by atoms with van der Waals surface area (Å²) < 4.78 is 11.4. The third-order valence-electron chi connectivity index (χ3n) is 6.16. The third-order valence-corrected chi connectivity index (χ3v) is 7.31. The molecule has 1 N–H and O–H groups in total. The summed E-state index contributed by atoms with van der Waals surface area (Å²) in [5, 5.41) is 2.87. The van der Waals surface area contributed by atoms with Crippen molar-refractivity contribution >= 4 is 9.81 Å². The Morgan fingerprint density at radius 1 is 1.18 bits per heavy atom. The molecule has 1 atom stereocenters. The number of hydrogen-bond acceptors (Lipinski definition) is 4. The van der Waals surface area contributed by atoms with Gasteiger partial charge in [-0.15, -0.1) is 0 Å². The number of benzene rings is 1. The van der Waals surface area contributed by atoms with E-state index >= 15 is 0 Å². The summed E-state index contributed by atoms with van der Waals surface area (Å²) in [5.41, 5.74) is 2.52. The Bertz CT molecular complexity index is 1270. The van der Waals surface area contributed by atoms with Crippen LogP contribution in [-0.2, 0) is 19.4 Å². The predicted octanol–water partition coefficient (Wildman–Crippen LogP) is 4.25. The van der Waals surface area contributed by atoms with E-state index in [9.17, 15) is 4.79 Å². The average molecular weight is 625 g/mol. The fourth-order valence-electron chi connectivity index (χ4n) is 4.09. The molecule has 1 aliphatic heterocycles. The summed E-state index contributed by atoms with van der Waals surface area (Å²) in [5.74, 6) is 1.96. The van der Waals surface area contributed by atoms with Gasteiger partial charge in [0.25, 0.3) is 0 Å². The Labute approximate surface area is 210 Å². The van der Waals surface area contributed by atoms with Gasteiger partial charge < -0.3 is 0 Å². The maximum absolute atomic E-state index is 13.0. The molecule has 34 heavy (non-hydrogen) atoms. The summed E-state index contributed by atoms with van der Waals surface area (Å²) >= 11 is 1.35. The van der Waals surface area contributed by atoms with Gasteiger partial charge in [-0.05, 0) is 12.8 Å². The van der Waals surface area contributed by atoms with Crippen LogP contribution in [0.25, 0.3) is 5.69 Å². The van der Waals surface area contributed by atoms with Crippen LogP contribution in [0, 0.1) is 0 Å². The summed E-state index contributed by atoms with van der Waals surface area (Å²) in [6.45, 7) is 2.74. The van der Waals surface area contributed by atoms with Crippen molar-refractivity contribution in [2.75, 3.05) is 6.61 Å². The first kappa shape index (κ1) is 22.7. The van der Waals surface area contributed by atoms with Crippen LogP contribution in [0.15, 0.2) is 67.5 Å². The number of aromatic nitrogens is 4. The minimum atomic E-state index is -0.202. The Morgan fingerprint density at radius 3 is 2.91 bits per heavy atom. The van der Waals surface area contributed by atoms with Crippen LogP contribution in [0.3, 0.4) is 0 Å². The zero-order valence-electron chi connectivity index (χ0n) is 19.1. The summed E-state index contributed by atoms with van der Waals surface area (Å²) in [4.78, 5) is 22.1. The van der Waals surface area contributed by atoms with Crippen molar-refractivity contribution in [3.63, 3.8) is 0 Å². The first-order valence-corrected chi connectivity index (χ1v) is 13.1. The van der Waals surface area contributed by atoms with Crippen LogP contribution in [0.1, 0.15) is 66.4 Å². The van der Waals surface area contributed by atoms with Gasteiger partial charge in [-0.3, -0.25) is 0 Å². The van der Waals surface area contributed by atoms with E-state index in [-0.39, 0.29) is 5.91 Å². The normalized spacial score (nSPS) is 19.3. The average Bonchev–Trinajstić information content (AvgIpc) is 3.36. The van der Waals surface area contributed by atoms with E-state index in [0.29, 0.717) is 29.9 Å². The van der Waals surface area contributed by atoms with Gasteiger partial charge in [0.1, 0.15) is 0 Å². The van der Waals surface area contributed by atoms with E-state index in [1.54, 1.807) is 6.20 Å². The van der Waals surface area contributed by atoms with E-state index in [4.69, 9.17) is 4.74 Å². The van der Waals surface area contributed by atoms with Crippen molar-refractivity contribution in [3.8, 4) is 11.4 Å². The quantitative estimate of drug-likeness (QED) is 0.463. The number of nitrogens with one attached hydrogen (secondary N) is 1. The number of fused-ring (bicyclic) bond motifs is 2. The monoisotopic (exact) mass is 625 g/mol. The fraction of sp³-hybridized carbons (Fsp3) is 0.308. The van der Waals surface area contributed by atoms with Crippen LogP contribution in [-0.4, -0.2) is 35.5 Å². The Balaban J connectivity index is 1.41. The summed E-state index contributed by atoms with van der Waals surface area (Å²) in [6, 6.07) is 6.03. The molecule has 2 aliphatic rings. The van der Waals surface area contributed by atoms with Crippen molar-refractivity contribution < 1.29 is 28.9 Å². The number of imidazole rings is 2. The number of hydrogen-bond donors (Lipinski definition) is 1. The molecule has 3 heterocycles. The molecule has 0 bridgehead atoms. The predicted molar refractivity (Wildman–Crippen MR) is 127 cm³/mol. The first-order valence-electron chi connectivity index (χ1n) is 11.6. The molecule has 8 heteroatoms. The number of amides is 1. The molecule has 0 spiro atoms. The van der Waals surface area contributed by atoms with Crippen molar-refractivity contribution in [1.29, 1.82) is 0 Å². The van der Waals surface area contributed by atoms with Gasteiger partial charge in [-0.1, -0.05) is 0 Å². The number of carbonyl (C=O) groups is 1. The van der Waals surface area contributed by atoms with Crippen LogP contribution in [0.4, 0.5) is 0 Å². The fourth-order valence-corrected chi connectivity index (χ4v) is 4.94. The van der Waals surface area contributed by atoms with Crippen molar-refractivity contribution in [3.05, 3.63) is 84.6 Å². The van der Waals surface area contributed by atoms with E-state index in [2.05, 4.69) is 33.0 Å². The van der Waals surface area contributed by atoms with Crippen LogP contribution in [0.5, 0.6) is 5.75 Å². The molecule has 5 rings (SSSR count). The maximum atomic E-state index is 13.0. The molecule has 0 radical (unpaired) electrons. The summed E-state index contributed by atoms with van der Waals surface area (Å²) in [6.07, 6.45) is 19.5. The third kappa shape index (κ3) is 5.04. The van der Waals surface area contributed by atoms with E-state index in [1.165, 1.54) is 32.2 Å². The standard InChI is InChI=1S/C26H27N5O2.W/c1-19-6-5-15-33-24-11-10-21(30-17-23(29-18-30)20-8-9-20)16-22(24)26(32)28-12-4-2-3-7-25-27-13-14-31(19)25;/h2-4,10-14,16-20H,5-6,8-9,15H2,1H3,(H,28,32);. The number of nitrogens with zero attached hydrogens (tertiary/aromatic N) is 4. The second kappa shape index (κ2) is 10.1. The summed E-state index contributed by atoms with van der Waals surface area (Å²) in [7, 11) is 0. The number of ether oxygens (including phenoxy) is 1. The van der Waals surface area contributed by atoms with Crippen molar-refractivity contribution in [2.24, 2.45) is 0 Å². The van der Waals surface area contributed by atoms with Crippen molar-refractivity contribution in [1.82, 2.24) is 24.4 Å². The van der Waals surface area contributed by atoms with Gasteiger partial charge in [-0.25, -0.2) is 4.98 Å². The van der Waals surface area contributed by atoms with Gasteiger partial charge in [0.2, 0.25) is 0 Å².